The highest BCUT2D eigenvalue weighted by Crippen LogP contribution is 2.31. The second-order valence-corrected chi connectivity index (χ2v) is 8.07. The van der Waals surface area contributed by atoms with Crippen LogP contribution in [0.4, 0.5) is 4.79 Å². The number of piperidine rings is 1. The van der Waals surface area contributed by atoms with Crippen molar-refractivity contribution in [3.8, 4) is 0 Å². The number of nitrogens with zero attached hydrogens (tertiary/aromatic N) is 2. The molecule has 0 aromatic rings. The molecule has 0 spiro atoms. The number of hydrogen-bond donors (Lipinski definition) is 0. The predicted molar refractivity (Wildman–Crippen MR) is 84.9 cm³/mol. The summed E-state index contributed by atoms with van der Waals surface area (Å²) in [5, 5.41) is 0. The maximum atomic E-state index is 12.8. The van der Waals surface area contributed by atoms with Gasteiger partial charge in [-0.25, -0.2) is 4.79 Å². The Labute approximate surface area is 138 Å². The summed E-state index contributed by atoms with van der Waals surface area (Å²) in [5.74, 6) is 1.12. The van der Waals surface area contributed by atoms with Gasteiger partial charge in [0.25, 0.3) is 0 Å². The molecule has 2 amide bonds. The largest absolute Gasteiger partial charge is 0.444 e. The van der Waals surface area contributed by atoms with Crippen LogP contribution in [-0.4, -0.2) is 66.8 Å². The van der Waals surface area contributed by atoms with Crippen LogP contribution in [0.15, 0.2) is 0 Å². The number of carbonyl (C=O) groups is 2. The third kappa shape index (κ3) is 3.79. The zero-order valence-electron chi connectivity index (χ0n) is 14.4. The summed E-state index contributed by atoms with van der Waals surface area (Å²) < 4.78 is 10.9. The quantitative estimate of drug-likeness (QED) is 0.737. The molecule has 3 aliphatic rings. The first kappa shape index (κ1) is 16.6. The van der Waals surface area contributed by atoms with Crippen LogP contribution < -0.4 is 0 Å². The van der Waals surface area contributed by atoms with E-state index in [0.717, 1.165) is 39.1 Å². The summed E-state index contributed by atoms with van der Waals surface area (Å²) in [4.78, 5) is 28.7. The van der Waals surface area contributed by atoms with Gasteiger partial charge < -0.3 is 19.3 Å². The van der Waals surface area contributed by atoms with Crippen LogP contribution in [0.3, 0.4) is 0 Å². The number of amides is 2. The van der Waals surface area contributed by atoms with Crippen LogP contribution in [0.5, 0.6) is 0 Å². The van der Waals surface area contributed by atoms with Gasteiger partial charge in [0.15, 0.2) is 0 Å². The average Bonchev–Trinajstić information content (AvgIpc) is 3.06. The molecule has 0 radical (unpaired) electrons. The molecule has 3 atom stereocenters. The highest BCUT2D eigenvalue weighted by Gasteiger charge is 2.41. The van der Waals surface area contributed by atoms with Crippen LogP contribution in [0.25, 0.3) is 0 Å². The second-order valence-electron chi connectivity index (χ2n) is 8.07. The minimum atomic E-state index is -0.500. The first-order chi connectivity index (χ1) is 10.8. The zero-order chi connectivity index (χ0) is 16.6. The lowest BCUT2D eigenvalue weighted by Crippen LogP contribution is -2.47. The van der Waals surface area contributed by atoms with Gasteiger partial charge in [0.1, 0.15) is 5.60 Å². The number of hydrogen-bond acceptors (Lipinski definition) is 4. The highest BCUT2D eigenvalue weighted by molar-refractivity contribution is 5.80. The molecule has 3 fully saturated rings. The van der Waals surface area contributed by atoms with Crippen LogP contribution in [0, 0.1) is 17.8 Å². The van der Waals surface area contributed by atoms with E-state index >= 15 is 0 Å². The fourth-order valence-electron chi connectivity index (χ4n) is 3.80. The SMILES string of the molecule is CC(C)(C)OC(=O)N1CCCC(C(=O)N2CC3COCC3C2)C1. The minimum absolute atomic E-state index is 0.0870. The van der Waals surface area contributed by atoms with Gasteiger partial charge >= 0.3 is 6.09 Å². The molecule has 6 heteroatoms. The Hall–Kier alpha value is -1.30. The van der Waals surface area contributed by atoms with E-state index in [0.29, 0.717) is 24.9 Å². The van der Waals surface area contributed by atoms with Crippen molar-refractivity contribution in [2.45, 2.75) is 39.2 Å². The van der Waals surface area contributed by atoms with Gasteiger partial charge in [0.05, 0.1) is 19.1 Å². The first-order valence-electron chi connectivity index (χ1n) is 8.68. The Morgan fingerprint density at radius 3 is 2.30 bits per heavy atom. The van der Waals surface area contributed by atoms with Gasteiger partial charge in [-0.1, -0.05) is 0 Å². The summed E-state index contributed by atoms with van der Waals surface area (Å²) in [6, 6.07) is 0. The van der Waals surface area contributed by atoms with Crippen molar-refractivity contribution in [1.82, 2.24) is 9.80 Å². The minimum Gasteiger partial charge on any atom is -0.444 e. The molecule has 3 saturated heterocycles. The summed E-state index contributed by atoms with van der Waals surface area (Å²) in [5.41, 5.74) is -0.500. The van der Waals surface area contributed by atoms with E-state index in [9.17, 15) is 9.59 Å². The zero-order valence-corrected chi connectivity index (χ0v) is 14.4. The molecule has 0 aromatic heterocycles. The molecule has 0 bridgehead atoms. The monoisotopic (exact) mass is 324 g/mol. The maximum absolute atomic E-state index is 12.8. The van der Waals surface area contributed by atoms with Gasteiger partial charge in [0, 0.05) is 38.0 Å². The van der Waals surface area contributed by atoms with E-state index in [1.54, 1.807) is 4.90 Å². The molecule has 6 nitrogen and oxygen atoms in total. The third-order valence-electron chi connectivity index (χ3n) is 4.97. The van der Waals surface area contributed by atoms with Crippen LogP contribution in [0.1, 0.15) is 33.6 Å². The molecular weight excluding hydrogens is 296 g/mol. The van der Waals surface area contributed by atoms with E-state index < -0.39 is 5.60 Å². The standard InChI is InChI=1S/C17H28N2O4/c1-17(2,3)23-16(21)18-6-4-5-12(7-18)15(20)19-8-13-10-22-11-14(13)9-19/h12-14H,4-11H2,1-3H3. The fraction of sp³-hybridized carbons (Fsp3) is 0.882. The van der Waals surface area contributed by atoms with Crippen molar-refractivity contribution in [3.05, 3.63) is 0 Å². The molecule has 0 aliphatic carbocycles. The van der Waals surface area contributed by atoms with Crippen molar-refractivity contribution in [2.75, 3.05) is 39.4 Å². The third-order valence-corrected chi connectivity index (χ3v) is 4.97. The van der Waals surface area contributed by atoms with Crippen molar-refractivity contribution in [1.29, 1.82) is 0 Å². The lowest BCUT2D eigenvalue weighted by Gasteiger charge is -2.35. The van der Waals surface area contributed by atoms with Crippen molar-refractivity contribution >= 4 is 12.0 Å². The van der Waals surface area contributed by atoms with Gasteiger partial charge in [-0.3, -0.25) is 4.79 Å². The van der Waals surface area contributed by atoms with E-state index in [1.165, 1.54) is 0 Å². The highest BCUT2D eigenvalue weighted by atomic mass is 16.6. The summed E-state index contributed by atoms with van der Waals surface area (Å²) >= 11 is 0. The van der Waals surface area contributed by atoms with E-state index in [2.05, 4.69) is 0 Å². The number of carbonyl (C=O) groups excluding carboxylic acids is 2. The topological polar surface area (TPSA) is 59.1 Å². The maximum Gasteiger partial charge on any atom is 0.410 e. The van der Waals surface area contributed by atoms with Crippen LogP contribution in [0.2, 0.25) is 0 Å². The van der Waals surface area contributed by atoms with Gasteiger partial charge in [-0.2, -0.15) is 0 Å². The number of fused-ring (bicyclic) bond motifs is 1. The Morgan fingerprint density at radius 2 is 1.70 bits per heavy atom. The molecule has 0 aromatic carbocycles. The van der Waals surface area contributed by atoms with E-state index in [4.69, 9.17) is 9.47 Å². The lowest BCUT2D eigenvalue weighted by atomic mass is 9.97. The van der Waals surface area contributed by atoms with Gasteiger partial charge in [-0.15, -0.1) is 0 Å². The molecule has 130 valence electrons. The van der Waals surface area contributed by atoms with Crippen LogP contribution in [-0.2, 0) is 14.3 Å². The summed E-state index contributed by atoms with van der Waals surface area (Å²) in [7, 11) is 0. The second kappa shape index (κ2) is 6.30. The van der Waals surface area contributed by atoms with E-state index in [-0.39, 0.29) is 17.9 Å². The van der Waals surface area contributed by atoms with Gasteiger partial charge in [0.2, 0.25) is 5.91 Å². The normalized spacial score (nSPS) is 31.2. The molecule has 0 saturated carbocycles. The number of likely N-dealkylation sites (tertiary alicyclic amines) is 2. The Kier molecular flexibility index (Phi) is 4.54. The first-order valence-corrected chi connectivity index (χ1v) is 8.68. The summed E-state index contributed by atoms with van der Waals surface area (Å²) in [6.07, 6.45) is 1.42. The fourth-order valence-corrected chi connectivity index (χ4v) is 3.80. The average molecular weight is 324 g/mol. The molecule has 0 N–H and O–H groups in total. The predicted octanol–water partition coefficient (Wildman–Crippen LogP) is 1.74. The van der Waals surface area contributed by atoms with Crippen molar-refractivity contribution in [2.24, 2.45) is 17.8 Å². The number of rotatable bonds is 1. The van der Waals surface area contributed by atoms with Crippen molar-refractivity contribution in [3.63, 3.8) is 0 Å². The molecule has 3 rings (SSSR count). The Bertz CT molecular complexity index is 462. The Balaban J connectivity index is 1.56. The van der Waals surface area contributed by atoms with E-state index in [1.807, 2.05) is 25.7 Å². The van der Waals surface area contributed by atoms with Crippen molar-refractivity contribution < 1.29 is 19.1 Å². The van der Waals surface area contributed by atoms with Crippen LogP contribution >= 0.6 is 0 Å². The Morgan fingerprint density at radius 1 is 1.04 bits per heavy atom. The van der Waals surface area contributed by atoms with Gasteiger partial charge in [-0.05, 0) is 33.6 Å². The summed E-state index contributed by atoms with van der Waals surface area (Å²) in [6.45, 7) is 9.94. The molecule has 3 heterocycles. The molecular formula is C17H28N2O4. The molecule has 23 heavy (non-hydrogen) atoms. The number of ether oxygens (including phenoxy) is 2. The lowest BCUT2D eigenvalue weighted by molar-refractivity contribution is -0.136. The smallest absolute Gasteiger partial charge is 0.410 e. The molecule has 3 aliphatic heterocycles. The molecule has 3 unspecified atom stereocenters.